The maximum absolute atomic E-state index is 6.41. The highest BCUT2D eigenvalue weighted by Crippen LogP contribution is 2.40. The molecule has 3 aromatic heterocycles. The van der Waals surface area contributed by atoms with Gasteiger partial charge in [0.25, 0.3) is 0 Å². The molecule has 0 amide bonds. The number of rotatable bonds is 4. The molecule has 1 N–H and O–H groups in total. The topological polar surface area (TPSA) is 76.1 Å². The summed E-state index contributed by atoms with van der Waals surface area (Å²) in [4.78, 5) is 21.5. The summed E-state index contributed by atoms with van der Waals surface area (Å²) in [6.07, 6.45) is 7.06. The van der Waals surface area contributed by atoms with Crippen molar-refractivity contribution in [2.75, 3.05) is 43.6 Å². The lowest BCUT2D eigenvalue weighted by molar-refractivity contribution is 0.133. The Balaban J connectivity index is 1.33. The SMILES string of the molecule is CNc1nccc(Sc2ccc3nc(N4CCC5(CCOC5)CC4)cnc3n2)c1Cl. The summed E-state index contributed by atoms with van der Waals surface area (Å²) in [5, 5.41) is 4.40. The van der Waals surface area contributed by atoms with Crippen LogP contribution in [-0.2, 0) is 4.74 Å². The summed E-state index contributed by atoms with van der Waals surface area (Å²) in [7, 11) is 1.80. The molecule has 7 nitrogen and oxygen atoms in total. The molecule has 0 saturated carbocycles. The normalized spacial score (nSPS) is 18.3. The zero-order valence-electron chi connectivity index (χ0n) is 16.8. The molecule has 30 heavy (non-hydrogen) atoms. The van der Waals surface area contributed by atoms with E-state index in [4.69, 9.17) is 21.3 Å². The van der Waals surface area contributed by atoms with Gasteiger partial charge in [-0.05, 0) is 42.9 Å². The van der Waals surface area contributed by atoms with Crippen LogP contribution in [0.4, 0.5) is 11.6 Å². The Morgan fingerprint density at radius 2 is 2.00 bits per heavy atom. The number of piperidine rings is 1. The molecule has 1 spiro atoms. The molecule has 3 aromatic rings. The van der Waals surface area contributed by atoms with Gasteiger partial charge in [0.15, 0.2) is 5.65 Å². The van der Waals surface area contributed by atoms with Crippen molar-refractivity contribution in [2.45, 2.75) is 29.2 Å². The van der Waals surface area contributed by atoms with Crippen LogP contribution in [-0.4, -0.2) is 53.3 Å². The second-order valence-electron chi connectivity index (χ2n) is 7.83. The minimum Gasteiger partial charge on any atom is -0.381 e. The van der Waals surface area contributed by atoms with Crippen LogP contribution in [0.2, 0.25) is 5.02 Å². The number of hydrogen-bond acceptors (Lipinski definition) is 8. The summed E-state index contributed by atoms with van der Waals surface area (Å²) in [6, 6.07) is 5.82. The Kier molecular flexibility index (Phi) is 5.39. The Labute approximate surface area is 184 Å². The van der Waals surface area contributed by atoms with Gasteiger partial charge in [0, 0.05) is 37.8 Å². The van der Waals surface area contributed by atoms with Crippen molar-refractivity contribution in [1.82, 2.24) is 19.9 Å². The molecule has 156 valence electrons. The van der Waals surface area contributed by atoms with Crippen LogP contribution in [0, 0.1) is 5.41 Å². The van der Waals surface area contributed by atoms with Gasteiger partial charge < -0.3 is 15.0 Å². The lowest BCUT2D eigenvalue weighted by Gasteiger charge is -2.38. The third-order valence-corrected chi connectivity index (χ3v) is 7.50. The first kappa shape index (κ1) is 19.8. The van der Waals surface area contributed by atoms with Crippen LogP contribution in [0.3, 0.4) is 0 Å². The largest absolute Gasteiger partial charge is 0.381 e. The summed E-state index contributed by atoms with van der Waals surface area (Å²) in [5.41, 5.74) is 1.83. The first-order valence-corrected chi connectivity index (χ1v) is 11.3. The molecular formula is C21H23ClN6OS. The van der Waals surface area contributed by atoms with Gasteiger partial charge in [0.1, 0.15) is 22.2 Å². The number of hydrogen-bond donors (Lipinski definition) is 1. The number of nitrogens with one attached hydrogen (secondary N) is 1. The number of ether oxygens (including phenoxy) is 1. The van der Waals surface area contributed by atoms with E-state index in [0.29, 0.717) is 21.9 Å². The number of anilines is 2. The van der Waals surface area contributed by atoms with E-state index in [1.807, 2.05) is 24.4 Å². The molecule has 5 heterocycles. The fraction of sp³-hybridized carbons (Fsp3) is 0.429. The Hall–Kier alpha value is -2.16. The molecule has 2 fully saturated rings. The Bertz CT molecular complexity index is 1060. The van der Waals surface area contributed by atoms with E-state index in [-0.39, 0.29) is 0 Å². The van der Waals surface area contributed by atoms with E-state index in [1.165, 1.54) is 18.2 Å². The number of pyridine rings is 2. The van der Waals surface area contributed by atoms with Crippen molar-refractivity contribution in [2.24, 2.45) is 5.41 Å². The molecule has 2 aliphatic heterocycles. The Morgan fingerprint density at radius 1 is 1.13 bits per heavy atom. The third kappa shape index (κ3) is 3.79. The molecule has 5 rings (SSSR count). The van der Waals surface area contributed by atoms with E-state index in [2.05, 4.69) is 25.2 Å². The molecule has 0 atom stereocenters. The lowest BCUT2D eigenvalue weighted by Crippen LogP contribution is -2.40. The minimum absolute atomic E-state index is 0.385. The lowest BCUT2D eigenvalue weighted by atomic mass is 9.78. The zero-order chi connectivity index (χ0) is 20.6. The maximum Gasteiger partial charge on any atom is 0.179 e. The van der Waals surface area contributed by atoms with E-state index in [1.54, 1.807) is 13.2 Å². The fourth-order valence-electron chi connectivity index (χ4n) is 4.13. The second kappa shape index (κ2) is 8.17. The Morgan fingerprint density at radius 3 is 2.77 bits per heavy atom. The maximum atomic E-state index is 6.41. The summed E-state index contributed by atoms with van der Waals surface area (Å²) >= 11 is 7.90. The average molecular weight is 443 g/mol. The molecular weight excluding hydrogens is 420 g/mol. The van der Waals surface area contributed by atoms with Crippen molar-refractivity contribution in [1.29, 1.82) is 0 Å². The second-order valence-corrected chi connectivity index (χ2v) is 9.27. The smallest absolute Gasteiger partial charge is 0.179 e. The van der Waals surface area contributed by atoms with E-state index in [9.17, 15) is 0 Å². The van der Waals surface area contributed by atoms with Gasteiger partial charge >= 0.3 is 0 Å². The molecule has 0 radical (unpaired) electrons. The first-order valence-electron chi connectivity index (χ1n) is 10.1. The summed E-state index contributed by atoms with van der Waals surface area (Å²) < 4.78 is 5.64. The van der Waals surface area contributed by atoms with Gasteiger partial charge in [-0.1, -0.05) is 23.4 Å². The van der Waals surface area contributed by atoms with Crippen LogP contribution in [0.25, 0.3) is 11.2 Å². The predicted molar refractivity (Wildman–Crippen MR) is 120 cm³/mol. The fourth-order valence-corrected chi connectivity index (χ4v) is 5.26. The third-order valence-electron chi connectivity index (χ3n) is 6.00. The van der Waals surface area contributed by atoms with Gasteiger partial charge in [0.2, 0.25) is 0 Å². The van der Waals surface area contributed by atoms with E-state index < -0.39 is 0 Å². The number of nitrogens with zero attached hydrogens (tertiary/aromatic N) is 5. The quantitative estimate of drug-likeness (QED) is 0.641. The van der Waals surface area contributed by atoms with E-state index in [0.717, 1.165) is 60.4 Å². The van der Waals surface area contributed by atoms with Crippen molar-refractivity contribution < 1.29 is 4.74 Å². The van der Waals surface area contributed by atoms with Crippen LogP contribution in [0.1, 0.15) is 19.3 Å². The van der Waals surface area contributed by atoms with Gasteiger partial charge in [-0.15, -0.1) is 0 Å². The van der Waals surface area contributed by atoms with E-state index >= 15 is 0 Å². The zero-order valence-corrected chi connectivity index (χ0v) is 18.3. The highest BCUT2D eigenvalue weighted by Gasteiger charge is 2.38. The first-order chi connectivity index (χ1) is 14.7. The van der Waals surface area contributed by atoms with Crippen molar-refractivity contribution >= 4 is 46.2 Å². The highest BCUT2D eigenvalue weighted by atomic mass is 35.5. The minimum atomic E-state index is 0.385. The van der Waals surface area contributed by atoms with Crippen molar-refractivity contribution in [3.8, 4) is 0 Å². The number of aromatic nitrogens is 4. The average Bonchev–Trinajstić information content (AvgIpc) is 3.23. The van der Waals surface area contributed by atoms with Crippen molar-refractivity contribution in [3.05, 3.63) is 35.6 Å². The predicted octanol–water partition coefficient (Wildman–Crippen LogP) is 4.27. The van der Waals surface area contributed by atoms with Crippen LogP contribution in [0.5, 0.6) is 0 Å². The molecule has 2 saturated heterocycles. The van der Waals surface area contributed by atoms with Gasteiger partial charge in [-0.2, -0.15) is 0 Å². The van der Waals surface area contributed by atoms with Gasteiger partial charge in [-0.3, -0.25) is 0 Å². The molecule has 0 unspecified atom stereocenters. The standard InChI is InChI=1S/C21H23ClN6OS/c1-23-20-18(22)15(4-8-24-20)30-17-3-2-14-19(27-17)25-12-16(26-14)28-9-5-21(6-10-28)7-11-29-13-21/h2-4,8,12H,5-7,9-11,13H2,1H3,(H,23,24). The van der Waals surface area contributed by atoms with Crippen LogP contribution in [0.15, 0.2) is 40.5 Å². The number of halogens is 1. The monoisotopic (exact) mass is 442 g/mol. The van der Waals surface area contributed by atoms with Crippen molar-refractivity contribution in [3.63, 3.8) is 0 Å². The molecule has 9 heteroatoms. The molecule has 2 aliphatic rings. The van der Waals surface area contributed by atoms with Crippen LogP contribution >= 0.6 is 23.4 Å². The number of fused-ring (bicyclic) bond motifs is 1. The molecule has 0 bridgehead atoms. The molecule has 0 aliphatic carbocycles. The molecule has 0 aromatic carbocycles. The highest BCUT2D eigenvalue weighted by molar-refractivity contribution is 7.99. The van der Waals surface area contributed by atoms with Gasteiger partial charge in [0.05, 0.1) is 17.8 Å². The van der Waals surface area contributed by atoms with Crippen LogP contribution < -0.4 is 10.2 Å². The summed E-state index contributed by atoms with van der Waals surface area (Å²) in [5.74, 6) is 1.58. The summed E-state index contributed by atoms with van der Waals surface area (Å²) in [6.45, 7) is 3.81. The van der Waals surface area contributed by atoms with Gasteiger partial charge in [-0.25, -0.2) is 19.9 Å².